The van der Waals surface area contributed by atoms with Gasteiger partial charge in [0.25, 0.3) is 0 Å². The zero-order valence-corrected chi connectivity index (χ0v) is 9.65. The molecule has 0 bridgehead atoms. The van der Waals surface area contributed by atoms with Crippen LogP contribution in [0.3, 0.4) is 0 Å². The Labute approximate surface area is 93.3 Å². The zero-order chi connectivity index (χ0) is 11.6. The van der Waals surface area contributed by atoms with Crippen molar-refractivity contribution in [2.24, 2.45) is 0 Å². The Bertz CT molecular complexity index is 269. The van der Waals surface area contributed by atoms with E-state index in [4.69, 9.17) is 21.1 Å². The quantitative estimate of drug-likeness (QED) is 0.685. The average Bonchev–Trinajstić information content (AvgIpc) is 2.57. The highest BCUT2D eigenvalue weighted by molar-refractivity contribution is 6.31. The van der Waals surface area contributed by atoms with Crippen LogP contribution in [0.5, 0.6) is 0 Å². The summed E-state index contributed by atoms with van der Waals surface area (Å²) in [5.74, 6) is -0.451. The molecule has 1 aliphatic rings. The van der Waals surface area contributed by atoms with E-state index in [1.165, 1.54) is 14.0 Å². The molecule has 1 rings (SSSR count). The van der Waals surface area contributed by atoms with Gasteiger partial charge in [-0.1, -0.05) is 0 Å². The van der Waals surface area contributed by atoms with E-state index in [1.807, 2.05) is 0 Å². The number of halogens is 1. The summed E-state index contributed by atoms with van der Waals surface area (Å²) < 4.78 is 9.87. The van der Waals surface area contributed by atoms with Crippen molar-refractivity contribution in [2.45, 2.75) is 31.4 Å². The molecular formula is C9H14ClNO4. The predicted molar refractivity (Wildman–Crippen MR) is 53.8 cm³/mol. The Balaban J connectivity index is 2.81. The van der Waals surface area contributed by atoms with Crippen molar-refractivity contribution in [2.75, 3.05) is 13.7 Å². The van der Waals surface area contributed by atoms with Crippen molar-refractivity contribution in [3.05, 3.63) is 0 Å². The number of nitrogens with zero attached hydrogens (tertiary/aromatic N) is 1. The number of hydrogen-bond acceptors (Lipinski definition) is 4. The van der Waals surface area contributed by atoms with E-state index in [0.29, 0.717) is 0 Å². The average molecular weight is 236 g/mol. The van der Waals surface area contributed by atoms with Gasteiger partial charge in [0.05, 0.1) is 6.10 Å². The van der Waals surface area contributed by atoms with Gasteiger partial charge in [0.15, 0.2) is 0 Å². The summed E-state index contributed by atoms with van der Waals surface area (Å²) in [7, 11) is 1.51. The lowest BCUT2D eigenvalue weighted by Gasteiger charge is -2.24. The molecule has 1 saturated heterocycles. The number of cyclic esters (lactones) is 1. The summed E-state index contributed by atoms with van der Waals surface area (Å²) in [6.07, 6.45) is -0.919. The lowest BCUT2D eigenvalue weighted by Crippen LogP contribution is -2.47. The van der Waals surface area contributed by atoms with Gasteiger partial charge in [-0.15, -0.1) is 11.6 Å². The Morgan fingerprint density at radius 2 is 2.27 bits per heavy atom. The first kappa shape index (κ1) is 12.3. The number of alkyl halides is 1. The molecule has 5 nitrogen and oxygen atoms in total. The molecule has 15 heavy (non-hydrogen) atoms. The molecule has 1 heterocycles. The number of amides is 2. The third-order valence-corrected chi connectivity index (χ3v) is 2.58. The van der Waals surface area contributed by atoms with Gasteiger partial charge >= 0.3 is 6.09 Å². The number of methoxy groups -OCH3 is 1. The molecular weight excluding hydrogens is 222 g/mol. The lowest BCUT2D eigenvalue weighted by molar-refractivity contribution is -0.130. The maximum absolute atomic E-state index is 11.6. The summed E-state index contributed by atoms with van der Waals surface area (Å²) >= 11 is 5.65. The molecule has 2 amide bonds. The maximum Gasteiger partial charge on any atom is 0.417 e. The van der Waals surface area contributed by atoms with E-state index >= 15 is 0 Å². The standard InChI is InChI=1S/C9H14ClNO4/c1-5(10)8(12)11-7(6(2)14-3)4-15-9(11)13/h5-7H,4H2,1-3H3/t5?,6?,7-/m0/s1. The number of hydrogen-bond donors (Lipinski definition) is 0. The van der Waals surface area contributed by atoms with E-state index in [0.717, 1.165) is 4.90 Å². The Hall–Kier alpha value is -0.810. The van der Waals surface area contributed by atoms with Crippen molar-refractivity contribution < 1.29 is 19.1 Å². The third kappa shape index (κ3) is 2.41. The van der Waals surface area contributed by atoms with Gasteiger partial charge in [-0.05, 0) is 13.8 Å². The molecule has 3 atom stereocenters. The van der Waals surface area contributed by atoms with Gasteiger partial charge in [-0.2, -0.15) is 0 Å². The second kappa shape index (κ2) is 4.81. The first-order chi connectivity index (χ1) is 6.99. The second-order valence-electron chi connectivity index (χ2n) is 3.41. The van der Waals surface area contributed by atoms with Gasteiger partial charge in [-0.25, -0.2) is 9.69 Å². The first-order valence-corrected chi connectivity index (χ1v) is 5.09. The molecule has 0 aliphatic carbocycles. The smallest absolute Gasteiger partial charge is 0.417 e. The highest BCUT2D eigenvalue weighted by atomic mass is 35.5. The SMILES string of the molecule is COC(C)[C@@H]1COC(=O)N1C(=O)C(C)Cl. The van der Waals surface area contributed by atoms with Gasteiger partial charge in [0.1, 0.15) is 18.0 Å². The van der Waals surface area contributed by atoms with E-state index < -0.39 is 23.4 Å². The van der Waals surface area contributed by atoms with E-state index in [2.05, 4.69) is 0 Å². The highest BCUT2D eigenvalue weighted by Gasteiger charge is 2.42. The van der Waals surface area contributed by atoms with Crippen LogP contribution in [-0.2, 0) is 14.3 Å². The van der Waals surface area contributed by atoms with Crippen LogP contribution in [0.15, 0.2) is 0 Å². The molecule has 0 saturated carbocycles. The Kier molecular flexibility index (Phi) is 3.93. The summed E-state index contributed by atoms with van der Waals surface area (Å²) in [6, 6.07) is -0.392. The van der Waals surface area contributed by atoms with Gasteiger partial charge in [0.2, 0.25) is 5.91 Å². The number of carbonyl (C=O) groups is 2. The van der Waals surface area contributed by atoms with Gasteiger partial charge in [0, 0.05) is 7.11 Å². The van der Waals surface area contributed by atoms with Crippen molar-refractivity contribution >= 4 is 23.6 Å². The largest absolute Gasteiger partial charge is 0.447 e. The summed E-state index contributed by atoms with van der Waals surface area (Å²) in [6.45, 7) is 3.44. The summed E-state index contributed by atoms with van der Waals surface area (Å²) in [4.78, 5) is 24.0. The van der Waals surface area contributed by atoms with Crippen LogP contribution < -0.4 is 0 Å². The van der Waals surface area contributed by atoms with Crippen molar-refractivity contribution in [1.82, 2.24) is 4.90 Å². The third-order valence-electron chi connectivity index (χ3n) is 2.40. The number of ether oxygens (including phenoxy) is 2. The normalized spacial score (nSPS) is 24.9. The molecule has 1 fully saturated rings. The van der Waals surface area contributed by atoms with Crippen LogP contribution in [0.2, 0.25) is 0 Å². The van der Waals surface area contributed by atoms with Gasteiger partial charge < -0.3 is 9.47 Å². The van der Waals surface area contributed by atoms with Crippen LogP contribution in [0.4, 0.5) is 4.79 Å². The minimum absolute atomic E-state index is 0.156. The molecule has 0 aromatic heterocycles. The first-order valence-electron chi connectivity index (χ1n) is 4.65. The molecule has 86 valence electrons. The lowest BCUT2D eigenvalue weighted by atomic mass is 10.1. The molecule has 6 heteroatoms. The van der Waals surface area contributed by atoms with Crippen molar-refractivity contribution in [3.8, 4) is 0 Å². The van der Waals surface area contributed by atoms with E-state index in [9.17, 15) is 9.59 Å². The molecule has 1 aliphatic heterocycles. The van der Waals surface area contributed by atoms with E-state index in [1.54, 1.807) is 6.92 Å². The maximum atomic E-state index is 11.6. The van der Waals surface area contributed by atoms with Crippen LogP contribution >= 0.6 is 11.6 Å². The minimum atomic E-state index is -0.748. The highest BCUT2D eigenvalue weighted by Crippen LogP contribution is 2.19. The minimum Gasteiger partial charge on any atom is -0.447 e. The second-order valence-corrected chi connectivity index (χ2v) is 4.06. The van der Waals surface area contributed by atoms with Crippen LogP contribution in [0.25, 0.3) is 0 Å². The zero-order valence-electron chi connectivity index (χ0n) is 8.90. The van der Waals surface area contributed by atoms with E-state index in [-0.39, 0.29) is 12.7 Å². The van der Waals surface area contributed by atoms with Gasteiger partial charge in [-0.3, -0.25) is 4.79 Å². The fraction of sp³-hybridized carbons (Fsp3) is 0.778. The van der Waals surface area contributed by atoms with Crippen LogP contribution in [0.1, 0.15) is 13.8 Å². The summed E-state index contributed by atoms with van der Waals surface area (Å²) in [5.41, 5.74) is 0. The Morgan fingerprint density at radius 3 is 2.73 bits per heavy atom. The molecule has 0 spiro atoms. The molecule has 0 aromatic carbocycles. The molecule has 0 N–H and O–H groups in total. The number of imide groups is 1. The monoisotopic (exact) mass is 235 g/mol. The number of rotatable bonds is 3. The summed E-state index contributed by atoms with van der Waals surface area (Å²) in [5, 5.41) is -0.748. The molecule has 2 unspecified atom stereocenters. The molecule has 0 aromatic rings. The molecule has 0 radical (unpaired) electrons. The predicted octanol–water partition coefficient (Wildman–Crippen LogP) is 0.996. The van der Waals surface area contributed by atoms with Crippen LogP contribution in [0, 0.1) is 0 Å². The van der Waals surface area contributed by atoms with Crippen LogP contribution in [-0.4, -0.2) is 48.1 Å². The van der Waals surface area contributed by atoms with Crippen molar-refractivity contribution in [1.29, 1.82) is 0 Å². The van der Waals surface area contributed by atoms with Crippen molar-refractivity contribution in [3.63, 3.8) is 0 Å². The number of carbonyl (C=O) groups excluding carboxylic acids is 2. The fourth-order valence-corrected chi connectivity index (χ4v) is 1.49. The Morgan fingerprint density at radius 1 is 1.67 bits per heavy atom. The topological polar surface area (TPSA) is 55.8 Å². The fourth-order valence-electron chi connectivity index (χ4n) is 1.38.